The zero-order valence-corrected chi connectivity index (χ0v) is 14.4. The maximum absolute atomic E-state index is 12.2. The highest BCUT2D eigenvalue weighted by atomic mass is 16.6. The lowest BCUT2D eigenvalue weighted by Gasteiger charge is -2.42. The van der Waals surface area contributed by atoms with Crippen LogP contribution in [0.15, 0.2) is 11.8 Å². The lowest BCUT2D eigenvalue weighted by Crippen LogP contribution is -2.39. The van der Waals surface area contributed by atoms with Crippen LogP contribution in [0.1, 0.15) is 65.7 Å². The first-order valence-electron chi connectivity index (χ1n) is 8.93. The van der Waals surface area contributed by atoms with Crippen molar-refractivity contribution in [3.8, 4) is 0 Å². The highest BCUT2D eigenvalue weighted by Crippen LogP contribution is 2.57. The smallest absolute Gasteiger partial charge is 0.347 e. The van der Waals surface area contributed by atoms with Crippen LogP contribution in [0.4, 0.5) is 0 Å². The molecule has 1 heterocycles. The van der Waals surface area contributed by atoms with E-state index in [-0.39, 0.29) is 11.3 Å². The van der Waals surface area contributed by atoms with E-state index in [0.717, 1.165) is 38.5 Å². The molecule has 0 radical (unpaired) electrons. The first-order chi connectivity index (χ1) is 10.7. The molecule has 0 aromatic carbocycles. The standard InChI is InChI=1S/C19H28O4/c1-12(6-7-13-11-19(3,22)17(21)23-13)14-8-9-15-16(20)5-4-10-18(14,15)2/h11-12,14-15,22H,4-10H2,1-3H3/t12-,14-,15?,18-,19-/m1/s1. The van der Waals surface area contributed by atoms with Crippen LogP contribution in [0.25, 0.3) is 0 Å². The van der Waals surface area contributed by atoms with Gasteiger partial charge in [0.1, 0.15) is 11.5 Å². The molecule has 2 aliphatic carbocycles. The average Bonchev–Trinajstić information content (AvgIpc) is 2.94. The topological polar surface area (TPSA) is 63.6 Å². The molecule has 1 aliphatic heterocycles. The number of hydrogen-bond acceptors (Lipinski definition) is 4. The molecule has 3 rings (SSSR count). The Balaban J connectivity index is 1.62. The van der Waals surface area contributed by atoms with Gasteiger partial charge in [-0.3, -0.25) is 4.79 Å². The van der Waals surface area contributed by atoms with Crippen molar-refractivity contribution < 1.29 is 19.4 Å². The number of carbonyl (C=O) groups excluding carboxylic acids is 2. The van der Waals surface area contributed by atoms with Crippen LogP contribution >= 0.6 is 0 Å². The fraction of sp³-hybridized carbons (Fsp3) is 0.789. The Morgan fingerprint density at radius 2 is 2.09 bits per heavy atom. The highest BCUT2D eigenvalue weighted by Gasteiger charge is 2.52. The third kappa shape index (κ3) is 2.86. The number of ether oxygens (including phenoxy) is 1. The van der Waals surface area contributed by atoms with Crippen molar-refractivity contribution in [2.24, 2.45) is 23.2 Å². The SMILES string of the molecule is C[C@H](CCC1=C[C@@](C)(O)C(=O)O1)[C@H]1CCC2C(=O)CCC[C@@]21C. The van der Waals surface area contributed by atoms with E-state index in [1.165, 1.54) is 13.0 Å². The second-order valence-electron chi connectivity index (χ2n) is 8.23. The molecule has 2 saturated carbocycles. The normalized spacial score (nSPS) is 41.5. The van der Waals surface area contributed by atoms with Crippen LogP contribution in [0, 0.1) is 23.2 Å². The molecule has 0 saturated heterocycles. The van der Waals surface area contributed by atoms with Gasteiger partial charge in [0.25, 0.3) is 0 Å². The van der Waals surface area contributed by atoms with Crippen LogP contribution < -0.4 is 0 Å². The minimum atomic E-state index is -1.47. The fourth-order valence-corrected chi connectivity index (χ4v) is 5.22. The van der Waals surface area contributed by atoms with Gasteiger partial charge < -0.3 is 9.84 Å². The first kappa shape index (κ1) is 16.7. The summed E-state index contributed by atoms with van der Waals surface area (Å²) in [5, 5.41) is 9.85. The molecule has 0 amide bonds. The van der Waals surface area contributed by atoms with Crippen molar-refractivity contribution >= 4 is 11.8 Å². The molecule has 1 N–H and O–H groups in total. The summed E-state index contributed by atoms with van der Waals surface area (Å²) in [6.07, 6.45) is 8.25. The summed E-state index contributed by atoms with van der Waals surface area (Å²) in [6.45, 7) is 6.03. The molecule has 5 atom stereocenters. The number of fused-ring (bicyclic) bond motifs is 1. The van der Waals surface area contributed by atoms with Gasteiger partial charge in [0.15, 0.2) is 5.60 Å². The van der Waals surface area contributed by atoms with E-state index in [4.69, 9.17) is 4.74 Å². The van der Waals surface area contributed by atoms with Crippen LogP contribution in [0.3, 0.4) is 0 Å². The van der Waals surface area contributed by atoms with Gasteiger partial charge in [-0.2, -0.15) is 0 Å². The lowest BCUT2D eigenvalue weighted by molar-refractivity contribution is -0.150. The number of carbonyl (C=O) groups is 2. The van der Waals surface area contributed by atoms with Crippen molar-refractivity contribution in [1.29, 1.82) is 0 Å². The van der Waals surface area contributed by atoms with Crippen molar-refractivity contribution in [1.82, 2.24) is 0 Å². The number of hydrogen-bond donors (Lipinski definition) is 1. The quantitative estimate of drug-likeness (QED) is 0.807. The Hall–Kier alpha value is -1.16. The van der Waals surface area contributed by atoms with Crippen molar-refractivity contribution in [3.05, 3.63) is 11.8 Å². The molecule has 0 aromatic rings. The van der Waals surface area contributed by atoms with Gasteiger partial charge >= 0.3 is 5.97 Å². The van der Waals surface area contributed by atoms with Crippen LogP contribution in [-0.2, 0) is 14.3 Å². The van der Waals surface area contributed by atoms with Gasteiger partial charge in [-0.25, -0.2) is 4.79 Å². The maximum Gasteiger partial charge on any atom is 0.347 e. The Labute approximate surface area is 138 Å². The Bertz CT molecular complexity index is 548. The summed E-state index contributed by atoms with van der Waals surface area (Å²) in [4.78, 5) is 23.7. The zero-order chi connectivity index (χ0) is 16.8. The molecule has 0 aromatic heterocycles. The van der Waals surface area contributed by atoms with E-state index in [9.17, 15) is 14.7 Å². The molecule has 128 valence electrons. The predicted molar refractivity (Wildman–Crippen MR) is 86.4 cm³/mol. The molecule has 0 spiro atoms. The molecule has 2 fully saturated rings. The molecular weight excluding hydrogens is 292 g/mol. The number of aliphatic hydroxyl groups is 1. The Morgan fingerprint density at radius 1 is 1.35 bits per heavy atom. The number of cyclic esters (lactones) is 1. The largest absolute Gasteiger partial charge is 0.429 e. The predicted octanol–water partition coefficient (Wildman–Crippen LogP) is 3.38. The van der Waals surface area contributed by atoms with Crippen molar-refractivity contribution in [2.45, 2.75) is 71.3 Å². The number of esters is 1. The molecule has 23 heavy (non-hydrogen) atoms. The van der Waals surface area contributed by atoms with Crippen LogP contribution in [-0.4, -0.2) is 22.5 Å². The zero-order valence-electron chi connectivity index (χ0n) is 14.4. The van der Waals surface area contributed by atoms with Crippen LogP contribution in [0.5, 0.6) is 0 Å². The van der Waals surface area contributed by atoms with E-state index in [1.807, 2.05) is 0 Å². The molecule has 0 bridgehead atoms. The monoisotopic (exact) mass is 320 g/mol. The first-order valence-corrected chi connectivity index (χ1v) is 8.93. The van der Waals surface area contributed by atoms with E-state index in [1.54, 1.807) is 0 Å². The van der Waals surface area contributed by atoms with Crippen LogP contribution in [0.2, 0.25) is 0 Å². The van der Waals surface area contributed by atoms with Gasteiger partial charge in [0, 0.05) is 18.8 Å². The minimum absolute atomic E-state index is 0.154. The molecule has 4 heteroatoms. The Morgan fingerprint density at radius 3 is 2.74 bits per heavy atom. The second kappa shape index (κ2) is 5.73. The summed E-state index contributed by atoms with van der Waals surface area (Å²) in [7, 11) is 0. The number of Topliss-reactive ketones (excluding diaryl/α,β-unsaturated/α-hetero) is 1. The van der Waals surface area contributed by atoms with Gasteiger partial charge in [-0.05, 0) is 62.4 Å². The van der Waals surface area contributed by atoms with Crippen molar-refractivity contribution in [2.75, 3.05) is 0 Å². The minimum Gasteiger partial charge on any atom is -0.429 e. The number of ketones is 1. The average molecular weight is 320 g/mol. The van der Waals surface area contributed by atoms with E-state index in [2.05, 4.69) is 13.8 Å². The molecule has 4 nitrogen and oxygen atoms in total. The van der Waals surface area contributed by atoms with E-state index in [0.29, 0.717) is 29.8 Å². The van der Waals surface area contributed by atoms with Gasteiger partial charge in [0.2, 0.25) is 0 Å². The second-order valence-corrected chi connectivity index (χ2v) is 8.23. The molecule has 1 unspecified atom stereocenters. The fourth-order valence-electron chi connectivity index (χ4n) is 5.22. The summed E-state index contributed by atoms with van der Waals surface area (Å²) in [5.41, 5.74) is -1.32. The highest BCUT2D eigenvalue weighted by molar-refractivity contribution is 5.85. The third-order valence-electron chi connectivity index (χ3n) is 6.55. The van der Waals surface area contributed by atoms with E-state index < -0.39 is 11.6 Å². The van der Waals surface area contributed by atoms with Gasteiger partial charge in [-0.15, -0.1) is 0 Å². The summed E-state index contributed by atoms with van der Waals surface area (Å²) in [5.74, 6) is 1.79. The molecule has 3 aliphatic rings. The number of allylic oxidation sites excluding steroid dienone is 1. The number of rotatable bonds is 4. The third-order valence-corrected chi connectivity index (χ3v) is 6.55. The summed E-state index contributed by atoms with van der Waals surface area (Å²) in [6, 6.07) is 0. The van der Waals surface area contributed by atoms with Crippen molar-refractivity contribution in [3.63, 3.8) is 0 Å². The summed E-state index contributed by atoms with van der Waals surface area (Å²) < 4.78 is 5.16. The van der Waals surface area contributed by atoms with Gasteiger partial charge in [0.05, 0.1) is 0 Å². The summed E-state index contributed by atoms with van der Waals surface area (Å²) >= 11 is 0. The van der Waals surface area contributed by atoms with E-state index >= 15 is 0 Å². The maximum atomic E-state index is 12.2. The lowest BCUT2D eigenvalue weighted by atomic mass is 9.62. The van der Waals surface area contributed by atoms with Gasteiger partial charge in [-0.1, -0.05) is 13.8 Å². The molecular formula is C19H28O4. The Kier molecular flexibility index (Phi) is 4.16.